The highest BCUT2D eigenvalue weighted by molar-refractivity contribution is 7.80. The van der Waals surface area contributed by atoms with Gasteiger partial charge in [0.25, 0.3) is 0 Å². The van der Waals surface area contributed by atoms with Gasteiger partial charge in [0, 0.05) is 24.9 Å². The number of nitrogens with one attached hydrogen (secondary N) is 2. The SMILES string of the molecule is CCC[C@H](NCC(N)CS)C(=O)NCc1ccccc1. The second kappa shape index (κ2) is 9.80. The van der Waals surface area contributed by atoms with Crippen molar-refractivity contribution < 1.29 is 4.79 Å². The van der Waals surface area contributed by atoms with Crippen molar-refractivity contribution in [3.8, 4) is 0 Å². The van der Waals surface area contributed by atoms with Gasteiger partial charge in [-0.1, -0.05) is 43.7 Å². The monoisotopic (exact) mass is 295 g/mol. The van der Waals surface area contributed by atoms with Crippen LogP contribution in [0, 0.1) is 0 Å². The first kappa shape index (κ1) is 17.0. The van der Waals surface area contributed by atoms with Crippen LogP contribution < -0.4 is 16.4 Å². The van der Waals surface area contributed by atoms with E-state index >= 15 is 0 Å². The van der Waals surface area contributed by atoms with E-state index in [0.29, 0.717) is 18.8 Å². The van der Waals surface area contributed by atoms with Crippen molar-refractivity contribution in [2.75, 3.05) is 12.3 Å². The van der Waals surface area contributed by atoms with Gasteiger partial charge in [-0.05, 0) is 12.0 Å². The minimum atomic E-state index is -0.186. The van der Waals surface area contributed by atoms with Crippen LogP contribution in [0.4, 0.5) is 0 Å². The van der Waals surface area contributed by atoms with E-state index < -0.39 is 0 Å². The molecule has 0 aliphatic carbocycles. The van der Waals surface area contributed by atoms with E-state index in [2.05, 4.69) is 30.2 Å². The van der Waals surface area contributed by atoms with E-state index in [9.17, 15) is 4.79 Å². The lowest BCUT2D eigenvalue weighted by Gasteiger charge is -2.19. The topological polar surface area (TPSA) is 67.1 Å². The van der Waals surface area contributed by atoms with E-state index in [-0.39, 0.29) is 18.0 Å². The van der Waals surface area contributed by atoms with Crippen LogP contribution in [0.3, 0.4) is 0 Å². The van der Waals surface area contributed by atoms with Crippen LogP contribution in [0.2, 0.25) is 0 Å². The number of thiol groups is 1. The molecular weight excluding hydrogens is 270 g/mol. The molecular formula is C15H25N3OS. The maximum atomic E-state index is 12.2. The van der Waals surface area contributed by atoms with Gasteiger partial charge in [0.05, 0.1) is 6.04 Å². The molecule has 1 amide bonds. The zero-order chi connectivity index (χ0) is 14.8. The molecule has 1 aromatic rings. The predicted molar refractivity (Wildman–Crippen MR) is 86.8 cm³/mol. The average molecular weight is 295 g/mol. The molecule has 0 radical (unpaired) electrons. The minimum absolute atomic E-state index is 0.0281. The van der Waals surface area contributed by atoms with Crippen molar-refractivity contribution in [1.29, 1.82) is 0 Å². The van der Waals surface area contributed by atoms with Gasteiger partial charge in [-0.3, -0.25) is 4.79 Å². The molecule has 0 heterocycles. The van der Waals surface area contributed by atoms with Crippen LogP contribution in [0.15, 0.2) is 30.3 Å². The minimum Gasteiger partial charge on any atom is -0.351 e. The van der Waals surface area contributed by atoms with Gasteiger partial charge in [-0.25, -0.2) is 0 Å². The second-order valence-corrected chi connectivity index (χ2v) is 5.26. The molecule has 0 bridgehead atoms. The number of rotatable bonds is 9. The summed E-state index contributed by atoms with van der Waals surface area (Å²) in [5.74, 6) is 0.638. The van der Waals surface area contributed by atoms with Crippen molar-refractivity contribution in [3.05, 3.63) is 35.9 Å². The molecule has 1 rings (SSSR count). The predicted octanol–water partition coefficient (Wildman–Crippen LogP) is 1.32. The Bertz CT molecular complexity index is 386. The summed E-state index contributed by atoms with van der Waals surface area (Å²) < 4.78 is 0. The maximum Gasteiger partial charge on any atom is 0.237 e. The van der Waals surface area contributed by atoms with Crippen LogP contribution in [-0.2, 0) is 11.3 Å². The standard InChI is InChI=1S/C15H25N3OS/c1-2-6-14(17-10-13(16)11-20)15(19)18-9-12-7-4-3-5-8-12/h3-5,7-8,13-14,17,20H,2,6,9-11,16H2,1H3,(H,18,19)/t13?,14-/m0/s1. The number of hydrogen-bond donors (Lipinski definition) is 4. The maximum absolute atomic E-state index is 12.2. The fraction of sp³-hybridized carbons (Fsp3) is 0.533. The molecule has 0 aliphatic heterocycles. The molecule has 0 aromatic heterocycles. The van der Waals surface area contributed by atoms with E-state index in [0.717, 1.165) is 18.4 Å². The molecule has 2 atom stereocenters. The number of carbonyl (C=O) groups is 1. The third kappa shape index (κ3) is 6.41. The largest absolute Gasteiger partial charge is 0.351 e. The second-order valence-electron chi connectivity index (χ2n) is 4.90. The number of benzene rings is 1. The Balaban J connectivity index is 2.43. The molecule has 112 valence electrons. The Kier molecular flexibility index (Phi) is 8.34. The fourth-order valence-corrected chi connectivity index (χ4v) is 2.01. The highest BCUT2D eigenvalue weighted by atomic mass is 32.1. The molecule has 0 fully saturated rings. The summed E-state index contributed by atoms with van der Waals surface area (Å²) in [4.78, 5) is 12.2. The molecule has 0 aliphatic rings. The Morgan fingerprint density at radius 1 is 1.35 bits per heavy atom. The van der Waals surface area contributed by atoms with E-state index in [1.54, 1.807) is 0 Å². The normalized spacial score (nSPS) is 13.8. The molecule has 0 saturated heterocycles. The van der Waals surface area contributed by atoms with Gasteiger partial charge >= 0.3 is 0 Å². The third-order valence-electron chi connectivity index (χ3n) is 3.06. The molecule has 4 nitrogen and oxygen atoms in total. The highest BCUT2D eigenvalue weighted by Gasteiger charge is 2.17. The van der Waals surface area contributed by atoms with E-state index in [1.165, 1.54) is 0 Å². The molecule has 1 unspecified atom stereocenters. The van der Waals surface area contributed by atoms with Gasteiger partial charge in [0.15, 0.2) is 0 Å². The first-order valence-electron chi connectivity index (χ1n) is 7.08. The molecule has 0 saturated carbocycles. The van der Waals surface area contributed by atoms with Gasteiger partial charge in [-0.15, -0.1) is 0 Å². The number of nitrogens with two attached hydrogens (primary N) is 1. The van der Waals surface area contributed by atoms with Crippen LogP contribution in [-0.4, -0.2) is 30.3 Å². The summed E-state index contributed by atoms with van der Waals surface area (Å²) in [5.41, 5.74) is 6.91. The summed E-state index contributed by atoms with van der Waals surface area (Å²) in [5, 5.41) is 6.19. The lowest BCUT2D eigenvalue weighted by atomic mass is 10.1. The van der Waals surface area contributed by atoms with Gasteiger partial charge in [-0.2, -0.15) is 12.6 Å². The number of amides is 1. The number of carbonyl (C=O) groups excluding carboxylic acids is 1. The molecule has 1 aromatic carbocycles. The van der Waals surface area contributed by atoms with E-state index in [1.807, 2.05) is 30.3 Å². The first-order valence-corrected chi connectivity index (χ1v) is 7.72. The lowest BCUT2D eigenvalue weighted by molar-refractivity contribution is -0.123. The molecule has 0 spiro atoms. The van der Waals surface area contributed by atoms with Crippen LogP contribution in [0.1, 0.15) is 25.3 Å². The van der Waals surface area contributed by atoms with Crippen LogP contribution >= 0.6 is 12.6 Å². The first-order chi connectivity index (χ1) is 9.67. The summed E-state index contributed by atoms with van der Waals surface area (Å²) in [7, 11) is 0. The molecule has 4 N–H and O–H groups in total. The molecule has 5 heteroatoms. The summed E-state index contributed by atoms with van der Waals surface area (Å²) >= 11 is 4.15. The summed E-state index contributed by atoms with van der Waals surface area (Å²) in [6.07, 6.45) is 1.76. The van der Waals surface area contributed by atoms with Gasteiger partial charge < -0.3 is 16.4 Å². The number of hydrogen-bond acceptors (Lipinski definition) is 4. The Morgan fingerprint density at radius 2 is 2.05 bits per heavy atom. The Morgan fingerprint density at radius 3 is 2.65 bits per heavy atom. The van der Waals surface area contributed by atoms with Gasteiger partial charge in [0.1, 0.15) is 0 Å². The zero-order valence-electron chi connectivity index (χ0n) is 12.0. The molecule has 20 heavy (non-hydrogen) atoms. The third-order valence-corrected chi connectivity index (χ3v) is 3.53. The van der Waals surface area contributed by atoms with Gasteiger partial charge in [0.2, 0.25) is 5.91 Å². The van der Waals surface area contributed by atoms with Crippen molar-refractivity contribution in [2.45, 2.75) is 38.4 Å². The summed E-state index contributed by atoms with van der Waals surface area (Å²) in [6.45, 7) is 3.23. The quantitative estimate of drug-likeness (QED) is 0.520. The van der Waals surface area contributed by atoms with Crippen molar-refractivity contribution in [1.82, 2.24) is 10.6 Å². The smallest absolute Gasteiger partial charge is 0.237 e. The highest BCUT2D eigenvalue weighted by Crippen LogP contribution is 2.01. The zero-order valence-corrected chi connectivity index (χ0v) is 12.9. The van der Waals surface area contributed by atoms with Crippen LogP contribution in [0.5, 0.6) is 0 Å². The van der Waals surface area contributed by atoms with Crippen LogP contribution in [0.25, 0.3) is 0 Å². The van der Waals surface area contributed by atoms with Crippen molar-refractivity contribution >= 4 is 18.5 Å². The Labute approximate surface area is 126 Å². The lowest BCUT2D eigenvalue weighted by Crippen LogP contribution is -2.48. The van der Waals surface area contributed by atoms with Crippen molar-refractivity contribution in [3.63, 3.8) is 0 Å². The average Bonchev–Trinajstić information content (AvgIpc) is 2.49. The Hall–Kier alpha value is -1.04. The van der Waals surface area contributed by atoms with E-state index in [4.69, 9.17) is 5.73 Å². The van der Waals surface area contributed by atoms with Crippen molar-refractivity contribution in [2.24, 2.45) is 5.73 Å². The fourth-order valence-electron chi connectivity index (χ4n) is 1.88. The summed E-state index contributed by atoms with van der Waals surface area (Å²) in [6, 6.07) is 9.68.